The van der Waals surface area contributed by atoms with Crippen molar-refractivity contribution in [3.8, 4) is 11.5 Å². The molecule has 0 saturated carbocycles. The minimum absolute atomic E-state index is 0.471. The summed E-state index contributed by atoms with van der Waals surface area (Å²) in [6.07, 6.45) is 7.00. The molecule has 3 rings (SSSR count). The van der Waals surface area contributed by atoms with Gasteiger partial charge in [0.25, 0.3) is 0 Å². The molecule has 1 aliphatic rings. The summed E-state index contributed by atoms with van der Waals surface area (Å²) in [4.78, 5) is 12.4. The zero-order chi connectivity index (χ0) is 22.4. The number of rotatable bonds is 8. The second kappa shape index (κ2) is 9.56. The first-order valence-electron chi connectivity index (χ1n) is 9.97. The maximum Gasteiger partial charge on any atom is 0.137 e. The molecule has 0 fully saturated rings. The lowest BCUT2D eigenvalue weighted by molar-refractivity contribution is -0.114. The van der Waals surface area contributed by atoms with Gasteiger partial charge in [0.05, 0.1) is 28.4 Å². The van der Waals surface area contributed by atoms with E-state index in [1.54, 1.807) is 28.4 Å². The number of aldehydes is 1. The van der Waals surface area contributed by atoms with Crippen molar-refractivity contribution in [3.05, 3.63) is 88.4 Å². The van der Waals surface area contributed by atoms with Crippen LogP contribution in [0.2, 0.25) is 0 Å². The van der Waals surface area contributed by atoms with Crippen molar-refractivity contribution < 1.29 is 23.7 Å². The molecule has 162 valence electrons. The van der Waals surface area contributed by atoms with E-state index in [0.29, 0.717) is 29.4 Å². The second-order valence-electron chi connectivity index (χ2n) is 7.45. The summed E-state index contributed by atoms with van der Waals surface area (Å²) >= 11 is 0. The van der Waals surface area contributed by atoms with Gasteiger partial charge in [0.2, 0.25) is 0 Å². The molecule has 5 heteroatoms. The number of hydrogen-bond acceptors (Lipinski definition) is 5. The van der Waals surface area contributed by atoms with Crippen LogP contribution in [0.1, 0.15) is 16.7 Å². The molecule has 0 bridgehead atoms. The number of allylic oxidation sites excluding steroid dienone is 2. The summed E-state index contributed by atoms with van der Waals surface area (Å²) in [6, 6.07) is 13.7. The lowest BCUT2D eigenvalue weighted by Crippen LogP contribution is -2.30. The third-order valence-corrected chi connectivity index (χ3v) is 5.43. The smallest absolute Gasteiger partial charge is 0.137 e. The van der Waals surface area contributed by atoms with E-state index in [1.165, 1.54) is 5.56 Å². The summed E-state index contributed by atoms with van der Waals surface area (Å²) in [5.74, 6) is 2.55. The van der Waals surface area contributed by atoms with Gasteiger partial charge >= 0.3 is 0 Å². The molecule has 2 aromatic carbocycles. The fraction of sp³-hybridized carbons (Fsp3) is 0.269. The topological polar surface area (TPSA) is 54.0 Å². The second-order valence-corrected chi connectivity index (χ2v) is 7.45. The SMILES string of the molecule is COC1=C[C@](C=O)(Cc2ccc(C)cc2)C(OC)=C/C1=C\c1cc(OC)ccc1OC. The van der Waals surface area contributed by atoms with Crippen LogP contribution in [0.25, 0.3) is 6.08 Å². The standard InChI is InChI=1S/C26H28O5/c1-18-6-8-19(9-7-18)15-26(17-27)16-24(30-4)21(14-25(26)31-5)12-20-13-22(28-2)10-11-23(20)29-3/h6-14,16-17H,15H2,1-5H3/b21-12+/t26-/m0/s1. The molecule has 0 saturated heterocycles. The van der Waals surface area contributed by atoms with Gasteiger partial charge in [0.1, 0.15) is 34.7 Å². The van der Waals surface area contributed by atoms with Crippen molar-refractivity contribution in [2.45, 2.75) is 13.3 Å². The minimum Gasteiger partial charge on any atom is -0.500 e. The summed E-state index contributed by atoms with van der Waals surface area (Å²) in [5, 5.41) is 0. The van der Waals surface area contributed by atoms with E-state index in [0.717, 1.165) is 23.0 Å². The number of benzene rings is 2. The van der Waals surface area contributed by atoms with E-state index in [1.807, 2.05) is 67.6 Å². The molecule has 2 aromatic rings. The van der Waals surface area contributed by atoms with E-state index >= 15 is 0 Å². The minimum atomic E-state index is -0.953. The highest BCUT2D eigenvalue weighted by molar-refractivity contribution is 5.75. The number of aryl methyl sites for hydroxylation is 1. The van der Waals surface area contributed by atoms with Crippen LogP contribution in [0.15, 0.2) is 71.7 Å². The van der Waals surface area contributed by atoms with E-state index < -0.39 is 5.41 Å². The molecular formula is C26H28O5. The zero-order valence-electron chi connectivity index (χ0n) is 18.6. The molecule has 0 spiro atoms. The molecule has 0 aliphatic heterocycles. The maximum absolute atomic E-state index is 12.4. The van der Waals surface area contributed by atoms with Crippen molar-refractivity contribution in [1.82, 2.24) is 0 Å². The molecule has 0 aromatic heterocycles. The lowest BCUT2D eigenvalue weighted by atomic mass is 9.76. The van der Waals surface area contributed by atoms with Crippen molar-refractivity contribution in [3.63, 3.8) is 0 Å². The molecule has 31 heavy (non-hydrogen) atoms. The summed E-state index contributed by atoms with van der Waals surface area (Å²) < 4.78 is 22.2. The molecule has 1 atom stereocenters. The molecule has 5 nitrogen and oxygen atoms in total. The Morgan fingerprint density at radius 3 is 2.23 bits per heavy atom. The Balaban J connectivity index is 2.08. The molecule has 0 N–H and O–H groups in total. The van der Waals surface area contributed by atoms with Crippen molar-refractivity contribution >= 4 is 12.4 Å². The summed E-state index contributed by atoms with van der Waals surface area (Å²) in [6.45, 7) is 2.03. The average Bonchev–Trinajstić information content (AvgIpc) is 2.81. The number of hydrogen-bond donors (Lipinski definition) is 0. The third-order valence-electron chi connectivity index (χ3n) is 5.43. The molecule has 0 radical (unpaired) electrons. The van der Waals surface area contributed by atoms with E-state index in [9.17, 15) is 4.79 Å². The number of methoxy groups -OCH3 is 4. The molecule has 1 aliphatic carbocycles. The van der Waals surface area contributed by atoms with Crippen LogP contribution in [-0.4, -0.2) is 34.7 Å². The van der Waals surface area contributed by atoms with Gasteiger partial charge < -0.3 is 23.7 Å². The van der Waals surface area contributed by atoms with E-state index in [-0.39, 0.29) is 0 Å². The van der Waals surface area contributed by atoms with Crippen LogP contribution in [0, 0.1) is 12.3 Å². The van der Waals surface area contributed by atoms with Gasteiger partial charge in [-0.15, -0.1) is 0 Å². The highest BCUT2D eigenvalue weighted by atomic mass is 16.5. The van der Waals surface area contributed by atoms with Gasteiger partial charge in [0.15, 0.2) is 0 Å². The molecule has 0 unspecified atom stereocenters. The lowest BCUT2D eigenvalue weighted by Gasteiger charge is -2.31. The molecule has 0 heterocycles. The van der Waals surface area contributed by atoms with Crippen molar-refractivity contribution in [2.24, 2.45) is 5.41 Å². The first kappa shape index (κ1) is 22.2. The van der Waals surface area contributed by atoms with Crippen LogP contribution >= 0.6 is 0 Å². The van der Waals surface area contributed by atoms with E-state index in [2.05, 4.69) is 0 Å². The number of ether oxygens (including phenoxy) is 4. The van der Waals surface area contributed by atoms with Crippen molar-refractivity contribution in [1.29, 1.82) is 0 Å². The summed E-state index contributed by atoms with van der Waals surface area (Å²) in [7, 11) is 6.41. The Bertz CT molecular complexity index is 1030. The van der Waals surface area contributed by atoms with Gasteiger partial charge in [0, 0.05) is 11.1 Å². The molecular weight excluding hydrogens is 392 g/mol. The van der Waals surface area contributed by atoms with Crippen LogP contribution in [-0.2, 0) is 20.7 Å². The average molecular weight is 421 g/mol. The first-order valence-corrected chi connectivity index (χ1v) is 9.97. The van der Waals surface area contributed by atoms with Gasteiger partial charge in [-0.3, -0.25) is 0 Å². The van der Waals surface area contributed by atoms with Crippen LogP contribution in [0.4, 0.5) is 0 Å². The highest BCUT2D eigenvalue weighted by Crippen LogP contribution is 2.41. The Labute approximate surface area is 183 Å². The Morgan fingerprint density at radius 1 is 0.903 bits per heavy atom. The Hall–Kier alpha value is -3.47. The van der Waals surface area contributed by atoms with Gasteiger partial charge in [-0.05, 0) is 55.3 Å². The molecule has 0 amide bonds. The number of carbonyl (C=O) groups is 1. The normalized spacial score (nSPS) is 19.3. The third kappa shape index (κ3) is 4.66. The largest absolute Gasteiger partial charge is 0.500 e. The van der Waals surface area contributed by atoms with Crippen LogP contribution < -0.4 is 9.47 Å². The highest BCUT2D eigenvalue weighted by Gasteiger charge is 2.38. The van der Waals surface area contributed by atoms with Gasteiger partial charge in [-0.2, -0.15) is 0 Å². The number of carbonyl (C=O) groups excluding carboxylic acids is 1. The van der Waals surface area contributed by atoms with Gasteiger partial charge in [-0.25, -0.2) is 0 Å². The van der Waals surface area contributed by atoms with E-state index in [4.69, 9.17) is 18.9 Å². The summed E-state index contributed by atoms with van der Waals surface area (Å²) in [5.41, 5.74) is 2.84. The predicted octanol–water partition coefficient (Wildman–Crippen LogP) is 4.90. The first-order chi connectivity index (χ1) is 15.0. The quantitative estimate of drug-likeness (QED) is 0.569. The fourth-order valence-corrected chi connectivity index (χ4v) is 3.71. The fourth-order valence-electron chi connectivity index (χ4n) is 3.71. The zero-order valence-corrected chi connectivity index (χ0v) is 18.6. The Morgan fingerprint density at radius 2 is 1.65 bits per heavy atom. The predicted molar refractivity (Wildman–Crippen MR) is 121 cm³/mol. The van der Waals surface area contributed by atoms with Gasteiger partial charge in [-0.1, -0.05) is 29.8 Å². The monoisotopic (exact) mass is 420 g/mol. The van der Waals surface area contributed by atoms with Crippen LogP contribution in [0.3, 0.4) is 0 Å². The Kier molecular flexibility index (Phi) is 6.85. The van der Waals surface area contributed by atoms with Crippen LogP contribution in [0.5, 0.6) is 11.5 Å². The maximum atomic E-state index is 12.4. The van der Waals surface area contributed by atoms with Crippen molar-refractivity contribution in [2.75, 3.05) is 28.4 Å².